The molecule has 0 radical (unpaired) electrons. The number of anilines is 1. The zero-order valence-corrected chi connectivity index (χ0v) is 10.5. The summed E-state index contributed by atoms with van der Waals surface area (Å²) in [4.78, 5) is 0. The molecule has 84 valence electrons. The van der Waals surface area contributed by atoms with Gasteiger partial charge in [-0.25, -0.2) is 0 Å². The number of hydrogen-bond acceptors (Lipinski definition) is 3. The van der Waals surface area contributed by atoms with Gasteiger partial charge in [-0.2, -0.15) is 11.8 Å². The smallest absolute Gasteiger partial charge is 0.127 e. The van der Waals surface area contributed by atoms with Crippen LogP contribution >= 0.6 is 11.8 Å². The molecule has 0 fully saturated rings. The molecule has 0 saturated carbocycles. The molecule has 15 heavy (non-hydrogen) atoms. The molecular formula is C12H19NOS. The highest BCUT2D eigenvalue weighted by Gasteiger charge is 2.06. The number of thioether (sulfide) groups is 1. The van der Waals surface area contributed by atoms with Gasteiger partial charge in [-0.1, -0.05) is 13.0 Å². The molecule has 2 N–H and O–H groups in total. The maximum absolute atomic E-state index is 5.83. The van der Waals surface area contributed by atoms with Gasteiger partial charge in [-0.05, 0) is 31.2 Å². The van der Waals surface area contributed by atoms with Crippen LogP contribution in [0.3, 0.4) is 0 Å². The SMILES string of the molecule is CCSCCOc1c(C)ccc(N)c1C. The standard InChI is InChI=1S/C12H19NOS/c1-4-15-8-7-14-12-9(2)5-6-11(13)10(12)3/h5-6H,4,7-8,13H2,1-3H3. The fourth-order valence-corrected chi connectivity index (χ4v) is 1.90. The third-order valence-corrected chi connectivity index (χ3v) is 3.19. The Labute approximate surface area is 96.2 Å². The Hall–Kier alpha value is -0.830. The first-order chi connectivity index (χ1) is 7.16. The van der Waals surface area contributed by atoms with Gasteiger partial charge in [0, 0.05) is 17.0 Å². The summed E-state index contributed by atoms with van der Waals surface area (Å²) in [6.45, 7) is 6.96. The van der Waals surface area contributed by atoms with Crippen molar-refractivity contribution in [1.82, 2.24) is 0 Å². The van der Waals surface area contributed by atoms with Crippen molar-refractivity contribution in [1.29, 1.82) is 0 Å². The molecule has 1 aromatic carbocycles. The topological polar surface area (TPSA) is 35.2 Å². The van der Waals surface area contributed by atoms with Crippen LogP contribution < -0.4 is 10.5 Å². The minimum atomic E-state index is 0.754. The first-order valence-electron chi connectivity index (χ1n) is 5.23. The van der Waals surface area contributed by atoms with Crippen LogP contribution in [-0.4, -0.2) is 18.1 Å². The first kappa shape index (κ1) is 12.2. The van der Waals surface area contributed by atoms with Gasteiger partial charge in [-0.15, -0.1) is 0 Å². The van der Waals surface area contributed by atoms with Gasteiger partial charge in [0.05, 0.1) is 6.61 Å². The number of nitrogens with two attached hydrogens (primary N) is 1. The van der Waals surface area contributed by atoms with Crippen LogP contribution in [0.4, 0.5) is 5.69 Å². The van der Waals surface area contributed by atoms with Crippen molar-refractivity contribution in [2.75, 3.05) is 23.8 Å². The lowest BCUT2D eigenvalue weighted by Crippen LogP contribution is -2.04. The zero-order chi connectivity index (χ0) is 11.3. The number of rotatable bonds is 5. The van der Waals surface area contributed by atoms with Crippen molar-refractivity contribution in [2.24, 2.45) is 0 Å². The van der Waals surface area contributed by atoms with E-state index in [1.54, 1.807) is 0 Å². The van der Waals surface area contributed by atoms with E-state index < -0.39 is 0 Å². The lowest BCUT2D eigenvalue weighted by molar-refractivity contribution is 0.339. The van der Waals surface area contributed by atoms with E-state index in [0.29, 0.717) is 0 Å². The summed E-state index contributed by atoms with van der Waals surface area (Å²) in [5, 5.41) is 0. The Morgan fingerprint density at radius 2 is 2.07 bits per heavy atom. The molecule has 2 nitrogen and oxygen atoms in total. The molecule has 0 aromatic heterocycles. The van der Waals surface area contributed by atoms with Crippen LogP contribution in [0, 0.1) is 13.8 Å². The molecule has 0 amide bonds. The van der Waals surface area contributed by atoms with Crippen LogP contribution in [0.2, 0.25) is 0 Å². The summed E-state index contributed by atoms with van der Waals surface area (Å²) in [6.07, 6.45) is 0. The largest absolute Gasteiger partial charge is 0.492 e. The van der Waals surface area contributed by atoms with Crippen molar-refractivity contribution >= 4 is 17.4 Å². The van der Waals surface area contributed by atoms with E-state index in [9.17, 15) is 0 Å². The van der Waals surface area contributed by atoms with Crippen LogP contribution in [0.25, 0.3) is 0 Å². The highest BCUT2D eigenvalue weighted by molar-refractivity contribution is 7.99. The Balaban J connectivity index is 2.63. The van der Waals surface area contributed by atoms with Gasteiger partial charge in [-0.3, -0.25) is 0 Å². The van der Waals surface area contributed by atoms with Crippen molar-refractivity contribution in [3.8, 4) is 5.75 Å². The molecule has 0 atom stereocenters. The van der Waals surface area contributed by atoms with E-state index in [1.807, 2.05) is 30.8 Å². The fourth-order valence-electron chi connectivity index (χ4n) is 1.41. The number of nitrogen functional groups attached to an aromatic ring is 1. The first-order valence-corrected chi connectivity index (χ1v) is 6.38. The van der Waals surface area contributed by atoms with Crippen molar-refractivity contribution in [3.63, 3.8) is 0 Å². The second-order valence-electron chi connectivity index (χ2n) is 3.47. The molecule has 0 aliphatic heterocycles. The fraction of sp³-hybridized carbons (Fsp3) is 0.500. The summed E-state index contributed by atoms with van der Waals surface area (Å²) in [5.41, 5.74) is 8.85. The van der Waals surface area contributed by atoms with Gasteiger partial charge in [0.25, 0.3) is 0 Å². The Kier molecular flexibility index (Phi) is 4.82. The lowest BCUT2D eigenvalue weighted by Gasteiger charge is -2.13. The molecular weight excluding hydrogens is 206 g/mol. The molecule has 0 heterocycles. The maximum atomic E-state index is 5.83. The molecule has 0 bridgehead atoms. The monoisotopic (exact) mass is 225 g/mol. The Morgan fingerprint density at radius 3 is 2.73 bits per heavy atom. The van der Waals surface area contributed by atoms with Crippen LogP contribution in [-0.2, 0) is 0 Å². The van der Waals surface area contributed by atoms with E-state index in [-0.39, 0.29) is 0 Å². The summed E-state index contributed by atoms with van der Waals surface area (Å²) in [5.74, 6) is 3.12. The summed E-state index contributed by atoms with van der Waals surface area (Å²) >= 11 is 1.89. The molecule has 1 aromatic rings. The number of aryl methyl sites for hydroxylation is 1. The van der Waals surface area contributed by atoms with Gasteiger partial charge in [0.15, 0.2) is 0 Å². The number of ether oxygens (including phenoxy) is 1. The van der Waals surface area contributed by atoms with Crippen molar-refractivity contribution in [3.05, 3.63) is 23.3 Å². The van der Waals surface area contributed by atoms with Crippen LogP contribution in [0.15, 0.2) is 12.1 Å². The summed E-state index contributed by atoms with van der Waals surface area (Å²) < 4.78 is 5.75. The maximum Gasteiger partial charge on any atom is 0.127 e. The van der Waals surface area contributed by atoms with Crippen LogP contribution in [0.5, 0.6) is 5.75 Å². The summed E-state index contributed by atoms with van der Waals surface area (Å²) in [7, 11) is 0. The number of hydrogen-bond donors (Lipinski definition) is 1. The second kappa shape index (κ2) is 5.91. The number of benzene rings is 1. The highest BCUT2D eigenvalue weighted by Crippen LogP contribution is 2.27. The van der Waals surface area contributed by atoms with E-state index in [0.717, 1.165) is 40.7 Å². The van der Waals surface area contributed by atoms with Gasteiger partial charge in [0.1, 0.15) is 5.75 Å². The third kappa shape index (κ3) is 3.34. The van der Waals surface area contributed by atoms with E-state index in [4.69, 9.17) is 10.5 Å². The predicted molar refractivity (Wildman–Crippen MR) is 68.8 cm³/mol. The lowest BCUT2D eigenvalue weighted by atomic mass is 10.1. The highest BCUT2D eigenvalue weighted by atomic mass is 32.2. The average Bonchev–Trinajstić information content (AvgIpc) is 2.23. The molecule has 3 heteroatoms. The average molecular weight is 225 g/mol. The normalized spacial score (nSPS) is 10.3. The second-order valence-corrected chi connectivity index (χ2v) is 4.87. The molecule has 0 unspecified atom stereocenters. The van der Waals surface area contributed by atoms with Crippen LogP contribution in [0.1, 0.15) is 18.1 Å². The molecule has 1 rings (SSSR count). The summed E-state index contributed by atoms with van der Waals surface area (Å²) in [6, 6.07) is 3.93. The van der Waals surface area contributed by atoms with Crippen molar-refractivity contribution < 1.29 is 4.74 Å². The third-order valence-electron chi connectivity index (χ3n) is 2.32. The van der Waals surface area contributed by atoms with E-state index >= 15 is 0 Å². The van der Waals surface area contributed by atoms with Gasteiger partial charge in [0.2, 0.25) is 0 Å². The molecule has 0 spiro atoms. The van der Waals surface area contributed by atoms with E-state index in [2.05, 4.69) is 13.8 Å². The van der Waals surface area contributed by atoms with E-state index in [1.165, 1.54) is 0 Å². The molecule has 0 saturated heterocycles. The molecule has 0 aliphatic rings. The Bertz CT molecular complexity index is 326. The zero-order valence-electron chi connectivity index (χ0n) is 9.67. The minimum Gasteiger partial charge on any atom is -0.492 e. The van der Waals surface area contributed by atoms with Gasteiger partial charge < -0.3 is 10.5 Å². The minimum absolute atomic E-state index is 0.754. The predicted octanol–water partition coefficient (Wildman–Crippen LogP) is 3.02. The van der Waals surface area contributed by atoms with Gasteiger partial charge >= 0.3 is 0 Å². The Morgan fingerprint density at radius 1 is 1.33 bits per heavy atom. The quantitative estimate of drug-likeness (QED) is 0.618. The van der Waals surface area contributed by atoms with Crippen molar-refractivity contribution in [2.45, 2.75) is 20.8 Å². The molecule has 0 aliphatic carbocycles.